The van der Waals surface area contributed by atoms with Gasteiger partial charge < -0.3 is 4.52 Å². The van der Waals surface area contributed by atoms with Gasteiger partial charge in [0.25, 0.3) is 0 Å². The third-order valence-electron chi connectivity index (χ3n) is 2.30. The van der Waals surface area contributed by atoms with Crippen LogP contribution in [-0.4, -0.2) is 24.8 Å². The van der Waals surface area contributed by atoms with Crippen molar-refractivity contribution in [2.75, 3.05) is 6.26 Å². The maximum Gasteiger partial charge on any atom is 0.236 e. The van der Waals surface area contributed by atoms with Gasteiger partial charge in [0.15, 0.2) is 15.7 Å². The van der Waals surface area contributed by atoms with Crippen molar-refractivity contribution in [3.8, 4) is 0 Å². The first-order valence-electron chi connectivity index (χ1n) is 5.58. The van der Waals surface area contributed by atoms with E-state index in [0.717, 1.165) is 6.26 Å². The molecule has 5 nitrogen and oxygen atoms in total. The number of rotatable bonds is 6. The first-order valence-corrected chi connectivity index (χ1v) is 9.57. The van der Waals surface area contributed by atoms with Gasteiger partial charge in [0.1, 0.15) is 5.75 Å². The zero-order valence-corrected chi connectivity index (χ0v) is 13.0. The van der Waals surface area contributed by atoms with Crippen molar-refractivity contribution in [1.82, 2.24) is 10.1 Å². The quantitative estimate of drug-likeness (QED) is 0.815. The van der Waals surface area contributed by atoms with Crippen LogP contribution in [0.2, 0.25) is 0 Å². The summed E-state index contributed by atoms with van der Waals surface area (Å²) in [7, 11) is -3.12. The van der Waals surface area contributed by atoms with Crippen LogP contribution in [0, 0.1) is 0 Å². The van der Waals surface area contributed by atoms with Crippen LogP contribution >= 0.6 is 23.1 Å². The van der Waals surface area contributed by atoms with Crippen molar-refractivity contribution >= 4 is 32.9 Å². The molecule has 0 spiro atoms. The van der Waals surface area contributed by atoms with Crippen molar-refractivity contribution in [2.24, 2.45) is 0 Å². The highest BCUT2D eigenvalue weighted by Crippen LogP contribution is 2.33. The Bertz CT molecular complexity index is 619. The van der Waals surface area contributed by atoms with Gasteiger partial charge in [-0.15, -0.1) is 23.1 Å². The Balaban J connectivity index is 1.90. The second-order valence-electron chi connectivity index (χ2n) is 4.14. The topological polar surface area (TPSA) is 73.1 Å². The molecule has 2 heterocycles. The fourth-order valence-electron chi connectivity index (χ4n) is 1.44. The molecule has 0 saturated carbocycles. The van der Waals surface area contributed by atoms with Crippen molar-refractivity contribution in [3.05, 3.63) is 34.1 Å². The first-order chi connectivity index (χ1) is 8.94. The van der Waals surface area contributed by atoms with E-state index in [4.69, 9.17) is 4.52 Å². The lowest BCUT2D eigenvalue weighted by molar-refractivity contribution is 0.386. The van der Waals surface area contributed by atoms with Crippen LogP contribution in [0.1, 0.15) is 28.8 Å². The normalized spacial score (nSPS) is 13.6. The second-order valence-corrected chi connectivity index (χ2v) is 8.59. The van der Waals surface area contributed by atoms with Crippen LogP contribution < -0.4 is 0 Å². The van der Waals surface area contributed by atoms with Gasteiger partial charge in [0, 0.05) is 16.4 Å². The minimum atomic E-state index is -3.12. The molecular formula is C11H14N2O3S3. The summed E-state index contributed by atoms with van der Waals surface area (Å²) in [5, 5.41) is 6.06. The van der Waals surface area contributed by atoms with Crippen LogP contribution in [0.5, 0.6) is 0 Å². The lowest BCUT2D eigenvalue weighted by Crippen LogP contribution is -2.02. The van der Waals surface area contributed by atoms with E-state index < -0.39 is 9.84 Å². The molecule has 19 heavy (non-hydrogen) atoms. The molecule has 2 rings (SSSR count). The molecule has 0 saturated heterocycles. The van der Waals surface area contributed by atoms with E-state index in [2.05, 4.69) is 23.1 Å². The molecule has 1 atom stereocenters. The summed E-state index contributed by atoms with van der Waals surface area (Å²) in [4.78, 5) is 5.37. The van der Waals surface area contributed by atoms with Crippen molar-refractivity contribution in [2.45, 2.75) is 23.7 Å². The maximum absolute atomic E-state index is 11.1. The third kappa shape index (κ3) is 4.63. The lowest BCUT2D eigenvalue weighted by Gasteiger charge is -2.06. The number of hydrogen-bond donors (Lipinski definition) is 0. The highest BCUT2D eigenvalue weighted by molar-refractivity contribution is 7.98. The van der Waals surface area contributed by atoms with Gasteiger partial charge in [-0.2, -0.15) is 4.98 Å². The van der Waals surface area contributed by atoms with E-state index in [-0.39, 0.29) is 11.6 Å². The minimum Gasteiger partial charge on any atom is -0.338 e. The summed E-state index contributed by atoms with van der Waals surface area (Å²) in [6.07, 6.45) is 1.15. The van der Waals surface area contributed by atoms with E-state index in [0.29, 0.717) is 16.9 Å². The Kier molecular flexibility index (Phi) is 4.64. The summed E-state index contributed by atoms with van der Waals surface area (Å²) < 4.78 is 27.2. The molecule has 0 amide bonds. The molecule has 0 aliphatic rings. The molecule has 0 unspecified atom stereocenters. The fourth-order valence-corrected chi connectivity index (χ4v) is 3.82. The van der Waals surface area contributed by atoms with Crippen molar-refractivity contribution in [3.63, 3.8) is 0 Å². The Morgan fingerprint density at radius 3 is 2.95 bits per heavy atom. The molecule has 8 heteroatoms. The van der Waals surface area contributed by atoms with Gasteiger partial charge in [0.2, 0.25) is 5.89 Å². The van der Waals surface area contributed by atoms with E-state index in [1.165, 1.54) is 4.88 Å². The zero-order chi connectivity index (χ0) is 13.9. The summed E-state index contributed by atoms with van der Waals surface area (Å²) in [5.41, 5.74) is 0. The Morgan fingerprint density at radius 2 is 2.32 bits per heavy atom. The van der Waals surface area contributed by atoms with Gasteiger partial charge in [-0.25, -0.2) is 8.42 Å². The van der Waals surface area contributed by atoms with Crippen molar-refractivity contribution < 1.29 is 12.9 Å². The molecule has 0 aliphatic heterocycles. The molecule has 0 bridgehead atoms. The summed E-state index contributed by atoms with van der Waals surface area (Å²) in [6, 6.07) is 4.11. The first kappa shape index (κ1) is 14.5. The highest BCUT2D eigenvalue weighted by Gasteiger charge is 2.14. The standard InChI is InChI=1S/C11H14N2O3S3/c1-8(9-4-3-5-17-9)18-6-11-12-10(13-16-11)7-19(2,14)15/h3-5,8H,6-7H2,1-2H3/t8-/m1/s1. The average molecular weight is 318 g/mol. The van der Waals surface area contributed by atoms with Gasteiger partial charge in [-0.1, -0.05) is 11.2 Å². The average Bonchev–Trinajstić information content (AvgIpc) is 2.94. The van der Waals surface area contributed by atoms with Gasteiger partial charge in [0.05, 0.1) is 5.75 Å². The smallest absolute Gasteiger partial charge is 0.236 e. The van der Waals surface area contributed by atoms with E-state index >= 15 is 0 Å². The van der Waals surface area contributed by atoms with E-state index in [9.17, 15) is 8.42 Å². The minimum absolute atomic E-state index is 0.179. The summed E-state index contributed by atoms with van der Waals surface area (Å²) >= 11 is 3.40. The molecule has 0 N–H and O–H groups in total. The molecule has 0 aliphatic carbocycles. The van der Waals surface area contributed by atoms with E-state index in [1.807, 2.05) is 11.4 Å². The maximum atomic E-state index is 11.1. The zero-order valence-electron chi connectivity index (χ0n) is 10.6. The van der Waals surface area contributed by atoms with Crippen LogP contribution in [0.15, 0.2) is 22.0 Å². The Morgan fingerprint density at radius 1 is 1.53 bits per heavy atom. The Hall–Kier alpha value is -0.860. The summed E-state index contributed by atoms with van der Waals surface area (Å²) in [5.74, 6) is 1.09. The monoisotopic (exact) mass is 318 g/mol. The van der Waals surface area contributed by atoms with Crippen LogP contribution in [0.3, 0.4) is 0 Å². The SMILES string of the molecule is C[C@@H](SCc1nc(CS(C)(=O)=O)no1)c1cccs1. The number of thiophene rings is 1. The van der Waals surface area contributed by atoms with Gasteiger partial charge in [-0.05, 0) is 18.4 Å². The fraction of sp³-hybridized carbons (Fsp3) is 0.455. The van der Waals surface area contributed by atoms with Crippen LogP contribution in [0.25, 0.3) is 0 Å². The number of nitrogens with zero attached hydrogens (tertiary/aromatic N) is 2. The number of thioether (sulfide) groups is 1. The predicted molar refractivity (Wildman–Crippen MR) is 76.9 cm³/mol. The van der Waals surface area contributed by atoms with Crippen LogP contribution in [0.4, 0.5) is 0 Å². The van der Waals surface area contributed by atoms with Crippen molar-refractivity contribution in [1.29, 1.82) is 0 Å². The molecule has 0 radical (unpaired) electrons. The molecular weight excluding hydrogens is 304 g/mol. The van der Waals surface area contributed by atoms with Gasteiger partial charge >= 0.3 is 0 Å². The number of sulfone groups is 1. The van der Waals surface area contributed by atoms with Gasteiger partial charge in [-0.3, -0.25) is 0 Å². The van der Waals surface area contributed by atoms with Crippen LogP contribution in [-0.2, 0) is 21.3 Å². The summed E-state index contributed by atoms with van der Waals surface area (Å²) in [6.45, 7) is 2.12. The third-order valence-corrected chi connectivity index (χ3v) is 5.46. The molecule has 2 aromatic heterocycles. The highest BCUT2D eigenvalue weighted by atomic mass is 32.2. The lowest BCUT2D eigenvalue weighted by atomic mass is 10.4. The molecule has 2 aromatic rings. The number of hydrogen-bond acceptors (Lipinski definition) is 7. The molecule has 0 fully saturated rings. The second kappa shape index (κ2) is 6.06. The predicted octanol–water partition coefficient (Wildman–Crippen LogP) is 2.67. The molecule has 0 aromatic carbocycles. The largest absolute Gasteiger partial charge is 0.338 e. The van der Waals surface area contributed by atoms with E-state index in [1.54, 1.807) is 23.1 Å². The number of aromatic nitrogens is 2. The molecule has 104 valence electrons. The Labute approximate surface area is 120 Å².